The molecule has 1 aromatic heterocycles. The predicted molar refractivity (Wildman–Crippen MR) is 63.0 cm³/mol. The van der Waals surface area contributed by atoms with E-state index < -0.39 is 0 Å². The standard InChI is InChI=1S/C11H22N4/c1-14(2)9-4-6-12-7-5-11-13-8-10-15(11)3/h8,10,12H,4-7,9H2,1-3H3. The van der Waals surface area contributed by atoms with Crippen LogP contribution in [-0.4, -0.2) is 48.2 Å². The summed E-state index contributed by atoms with van der Waals surface area (Å²) < 4.78 is 2.07. The minimum absolute atomic E-state index is 1.01. The highest BCUT2D eigenvalue weighted by molar-refractivity contribution is 4.91. The van der Waals surface area contributed by atoms with Gasteiger partial charge in [0.15, 0.2) is 0 Å². The van der Waals surface area contributed by atoms with Crippen LogP contribution in [0.5, 0.6) is 0 Å². The van der Waals surface area contributed by atoms with Crippen molar-refractivity contribution in [1.29, 1.82) is 0 Å². The van der Waals surface area contributed by atoms with Crippen LogP contribution in [0.2, 0.25) is 0 Å². The van der Waals surface area contributed by atoms with Crippen molar-refractivity contribution in [1.82, 2.24) is 19.8 Å². The van der Waals surface area contributed by atoms with Gasteiger partial charge in [-0.15, -0.1) is 0 Å². The molecule has 86 valence electrons. The monoisotopic (exact) mass is 210 g/mol. The summed E-state index contributed by atoms with van der Waals surface area (Å²) in [6.07, 6.45) is 6.04. The molecule has 1 rings (SSSR count). The fourth-order valence-electron chi connectivity index (χ4n) is 1.48. The van der Waals surface area contributed by atoms with Crippen molar-refractivity contribution in [3.63, 3.8) is 0 Å². The van der Waals surface area contributed by atoms with Crippen molar-refractivity contribution in [2.75, 3.05) is 33.7 Å². The van der Waals surface area contributed by atoms with Crippen molar-refractivity contribution in [3.8, 4) is 0 Å². The molecule has 0 atom stereocenters. The van der Waals surface area contributed by atoms with Gasteiger partial charge in [-0.25, -0.2) is 4.98 Å². The van der Waals surface area contributed by atoms with E-state index in [2.05, 4.69) is 33.9 Å². The van der Waals surface area contributed by atoms with Crippen molar-refractivity contribution < 1.29 is 0 Å². The van der Waals surface area contributed by atoms with Crippen LogP contribution in [-0.2, 0) is 13.5 Å². The van der Waals surface area contributed by atoms with Crippen LogP contribution in [0.3, 0.4) is 0 Å². The summed E-state index contributed by atoms with van der Waals surface area (Å²) in [5.41, 5.74) is 0. The van der Waals surface area contributed by atoms with Crippen molar-refractivity contribution in [2.45, 2.75) is 12.8 Å². The number of rotatable bonds is 7. The zero-order valence-corrected chi connectivity index (χ0v) is 10.0. The summed E-state index contributed by atoms with van der Waals surface area (Å²) in [7, 11) is 6.25. The van der Waals surface area contributed by atoms with Gasteiger partial charge in [0.1, 0.15) is 5.82 Å². The maximum atomic E-state index is 4.28. The largest absolute Gasteiger partial charge is 0.338 e. The van der Waals surface area contributed by atoms with Gasteiger partial charge < -0.3 is 14.8 Å². The Kier molecular flexibility index (Phi) is 5.36. The molecule has 1 heterocycles. The molecule has 0 unspecified atom stereocenters. The molecule has 0 aliphatic heterocycles. The van der Waals surface area contributed by atoms with Gasteiger partial charge in [-0.2, -0.15) is 0 Å². The van der Waals surface area contributed by atoms with E-state index >= 15 is 0 Å². The van der Waals surface area contributed by atoms with Gasteiger partial charge in [0.2, 0.25) is 0 Å². The molecule has 0 saturated carbocycles. The lowest BCUT2D eigenvalue weighted by Crippen LogP contribution is -2.23. The van der Waals surface area contributed by atoms with Gasteiger partial charge in [0.05, 0.1) is 0 Å². The third-order valence-electron chi connectivity index (χ3n) is 2.41. The molecule has 4 heteroatoms. The van der Waals surface area contributed by atoms with Gasteiger partial charge in [-0.3, -0.25) is 0 Å². The molecule has 0 spiro atoms. The first-order valence-electron chi connectivity index (χ1n) is 5.52. The molecule has 0 amide bonds. The molecule has 1 N–H and O–H groups in total. The number of nitrogens with one attached hydrogen (secondary N) is 1. The topological polar surface area (TPSA) is 33.1 Å². The molecule has 1 aromatic rings. The second-order valence-electron chi connectivity index (χ2n) is 4.11. The molecule has 0 aliphatic carbocycles. The Morgan fingerprint density at radius 1 is 1.40 bits per heavy atom. The maximum Gasteiger partial charge on any atom is 0.109 e. The first-order valence-corrected chi connectivity index (χ1v) is 5.52. The SMILES string of the molecule is CN(C)CCCNCCc1nccn1C. The third kappa shape index (κ3) is 4.95. The summed E-state index contributed by atoms with van der Waals surface area (Å²) in [5, 5.41) is 3.43. The van der Waals surface area contributed by atoms with Crippen LogP contribution < -0.4 is 5.32 Å². The lowest BCUT2D eigenvalue weighted by Gasteiger charge is -2.09. The molecule has 0 bridgehead atoms. The summed E-state index contributed by atoms with van der Waals surface area (Å²) in [4.78, 5) is 6.49. The number of nitrogens with zero attached hydrogens (tertiary/aromatic N) is 3. The van der Waals surface area contributed by atoms with Gasteiger partial charge in [0.25, 0.3) is 0 Å². The summed E-state index contributed by atoms with van der Waals surface area (Å²) >= 11 is 0. The highest BCUT2D eigenvalue weighted by Crippen LogP contribution is 1.93. The van der Waals surface area contributed by atoms with Crippen molar-refractivity contribution in [2.24, 2.45) is 7.05 Å². The molecule has 4 nitrogen and oxygen atoms in total. The van der Waals surface area contributed by atoms with Crippen LogP contribution in [0.25, 0.3) is 0 Å². The molecule has 15 heavy (non-hydrogen) atoms. The van der Waals surface area contributed by atoms with Gasteiger partial charge in [0, 0.05) is 32.4 Å². The first-order chi connectivity index (χ1) is 7.20. The molecule has 0 saturated heterocycles. The van der Waals surface area contributed by atoms with E-state index in [4.69, 9.17) is 0 Å². The average molecular weight is 210 g/mol. The number of aryl methyl sites for hydroxylation is 1. The average Bonchev–Trinajstić information content (AvgIpc) is 2.57. The second-order valence-corrected chi connectivity index (χ2v) is 4.11. The minimum atomic E-state index is 1.01. The zero-order chi connectivity index (χ0) is 11.1. The molecule has 0 aromatic carbocycles. The van der Waals surface area contributed by atoms with Crippen LogP contribution in [0, 0.1) is 0 Å². The van der Waals surface area contributed by atoms with Crippen molar-refractivity contribution >= 4 is 0 Å². The molecular formula is C11H22N4. The van der Waals surface area contributed by atoms with Crippen LogP contribution in [0.1, 0.15) is 12.2 Å². The Morgan fingerprint density at radius 2 is 2.20 bits per heavy atom. The highest BCUT2D eigenvalue weighted by atomic mass is 15.1. The van der Waals surface area contributed by atoms with E-state index in [0.717, 1.165) is 31.9 Å². The molecule has 0 fully saturated rings. The fourth-order valence-corrected chi connectivity index (χ4v) is 1.48. The number of hydrogen-bond acceptors (Lipinski definition) is 3. The maximum absolute atomic E-state index is 4.28. The van der Waals surface area contributed by atoms with Crippen molar-refractivity contribution in [3.05, 3.63) is 18.2 Å². The van der Waals surface area contributed by atoms with Gasteiger partial charge >= 0.3 is 0 Å². The fraction of sp³-hybridized carbons (Fsp3) is 0.727. The van der Waals surface area contributed by atoms with Gasteiger partial charge in [-0.1, -0.05) is 0 Å². The Bertz CT molecular complexity index is 267. The van der Waals surface area contributed by atoms with Gasteiger partial charge in [-0.05, 0) is 33.6 Å². The van der Waals surface area contributed by atoms with Crippen LogP contribution >= 0.6 is 0 Å². The Labute approximate surface area is 92.3 Å². The highest BCUT2D eigenvalue weighted by Gasteiger charge is 1.97. The quantitative estimate of drug-likeness (QED) is 0.665. The van der Waals surface area contributed by atoms with E-state index in [-0.39, 0.29) is 0 Å². The van der Waals surface area contributed by atoms with E-state index in [1.54, 1.807) is 0 Å². The molecule has 0 radical (unpaired) electrons. The summed E-state index contributed by atoms with van der Waals surface area (Å²) in [6, 6.07) is 0. The lowest BCUT2D eigenvalue weighted by atomic mass is 10.3. The normalized spacial score (nSPS) is 11.2. The molecule has 0 aliphatic rings. The predicted octanol–water partition coefficient (Wildman–Crippen LogP) is 0.504. The number of aromatic nitrogens is 2. The third-order valence-corrected chi connectivity index (χ3v) is 2.41. The Morgan fingerprint density at radius 3 is 2.80 bits per heavy atom. The van der Waals surface area contributed by atoms with Crippen LogP contribution in [0.4, 0.5) is 0 Å². The summed E-state index contributed by atoms with van der Waals surface area (Å²) in [5.74, 6) is 1.15. The Balaban J connectivity index is 2.00. The number of hydrogen-bond donors (Lipinski definition) is 1. The van der Waals surface area contributed by atoms with Crippen LogP contribution in [0.15, 0.2) is 12.4 Å². The Hall–Kier alpha value is -0.870. The second kappa shape index (κ2) is 6.58. The number of imidazole rings is 1. The van der Waals surface area contributed by atoms with E-state index in [0.29, 0.717) is 0 Å². The lowest BCUT2D eigenvalue weighted by molar-refractivity contribution is 0.394. The smallest absolute Gasteiger partial charge is 0.109 e. The summed E-state index contributed by atoms with van der Waals surface area (Å²) in [6.45, 7) is 3.25. The minimum Gasteiger partial charge on any atom is -0.338 e. The zero-order valence-electron chi connectivity index (χ0n) is 10.0. The van der Waals surface area contributed by atoms with E-state index in [1.807, 2.05) is 19.4 Å². The molecular weight excluding hydrogens is 188 g/mol. The van der Waals surface area contributed by atoms with E-state index in [1.165, 1.54) is 6.42 Å². The first kappa shape index (κ1) is 12.2. The van der Waals surface area contributed by atoms with E-state index in [9.17, 15) is 0 Å².